The molecule has 1 fully saturated rings. The monoisotopic (exact) mass is 371 g/mol. The number of rotatable bonds is 3. The summed E-state index contributed by atoms with van der Waals surface area (Å²) in [6.07, 6.45) is 0. The second kappa shape index (κ2) is 8.42. The number of benzene rings is 1. The van der Waals surface area contributed by atoms with E-state index in [2.05, 4.69) is 22.5 Å². The van der Waals surface area contributed by atoms with E-state index in [1.807, 2.05) is 0 Å². The van der Waals surface area contributed by atoms with Crippen LogP contribution in [0.15, 0.2) is 12.1 Å². The smallest absolute Gasteiger partial charge is 0.238 e. The van der Waals surface area contributed by atoms with Gasteiger partial charge in [0.05, 0.1) is 27.3 Å². The number of hydrogen-bond donors (Lipinski definition) is 2. The topological polar surface area (TPSA) is 44.4 Å². The first kappa shape index (κ1) is 18.8. The van der Waals surface area contributed by atoms with Gasteiger partial charge in [-0.2, -0.15) is 0 Å². The number of hydrogen-bond acceptors (Lipinski definition) is 3. The van der Waals surface area contributed by atoms with E-state index < -0.39 is 0 Å². The van der Waals surface area contributed by atoms with Gasteiger partial charge in [0.1, 0.15) is 0 Å². The number of nitrogens with one attached hydrogen (secondary N) is 2. The van der Waals surface area contributed by atoms with Crippen LogP contribution in [-0.2, 0) is 4.79 Å². The molecule has 1 aliphatic rings. The summed E-state index contributed by atoms with van der Waals surface area (Å²) in [4.78, 5) is 14.2. The van der Waals surface area contributed by atoms with E-state index >= 15 is 0 Å². The highest BCUT2D eigenvalue weighted by Gasteiger charge is 2.20. The average molecular weight is 373 g/mol. The van der Waals surface area contributed by atoms with Gasteiger partial charge in [0, 0.05) is 25.7 Å². The largest absolute Gasteiger partial charge is 0.324 e. The van der Waals surface area contributed by atoms with Crippen LogP contribution in [0.4, 0.5) is 5.69 Å². The number of nitrogens with zero attached hydrogens (tertiary/aromatic N) is 1. The van der Waals surface area contributed by atoms with Crippen LogP contribution in [-0.4, -0.2) is 43.0 Å². The number of amides is 1. The zero-order valence-electron chi connectivity index (χ0n) is 11.5. The summed E-state index contributed by atoms with van der Waals surface area (Å²) in [7, 11) is 0. The van der Waals surface area contributed by atoms with Gasteiger partial charge in [-0.1, -0.05) is 34.8 Å². The number of halogens is 4. The Morgan fingerprint density at radius 3 is 2.67 bits per heavy atom. The second-order valence-corrected chi connectivity index (χ2v) is 6.04. The maximum absolute atomic E-state index is 12.1. The van der Waals surface area contributed by atoms with Gasteiger partial charge in [-0.3, -0.25) is 9.69 Å². The predicted octanol–water partition coefficient (Wildman–Crippen LogP) is 3.30. The predicted molar refractivity (Wildman–Crippen MR) is 91.3 cm³/mol. The number of piperazine rings is 1. The molecule has 0 aliphatic carbocycles. The zero-order valence-corrected chi connectivity index (χ0v) is 14.5. The van der Waals surface area contributed by atoms with Crippen LogP contribution in [0.2, 0.25) is 15.1 Å². The van der Waals surface area contributed by atoms with Crippen molar-refractivity contribution in [2.75, 3.05) is 31.5 Å². The highest BCUT2D eigenvalue weighted by atomic mass is 35.5. The van der Waals surface area contributed by atoms with Crippen molar-refractivity contribution >= 4 is 58.8 Å². The van der Waals surface area contributed by atoms with Crippen LogP contribution < -0.4 is 10.6 Å². The van der Waals surface area contributed by atoms with E-state index in [9.17, 15) is 4.79 Å². The first-order valence-corrected chi connectivity index (χ1v) is 7.50. The van der Waals surface area contributed by atoms with Crippen LogP contribution >= 0.6 is 47.2 Å². The minimum atomic E-state index is -0.112. The Hall–Kier alpha value is -0.230. The minimum absolute atomic E-state index is 0. The molecule has 0 saturated carbocycles. The van der Waals surface area contributed by atoms with Crippen LogP contribution in [0, 0.1) is 0 Å². The lowest BCUT2D eigenvalue weighted by Gasteiger charge is -2.33. The molecule has 1 aromatic rings. The lowest BCUT2D eigenvalue weighted by Crippen LogP contribution is -2.51. The van der Waals surface area contributed by atoms with Crippen LogP contribution in [0.1, 0.15) is 6.92 Å². The molecule has 1 saturated heterocycles. The molecule has 2 rings (SSSR count). The molecule has 1 heterocycles. The SMILES string of the molecule is C[C@@H]1CNCCN1CC(=O)Nc1cc(Cl)c(Cl)cc1Cl.Cl. The minimum Gasteiger partial charge on any atom is -0.324 e. The van der Waals surface area contributed by atoms with E-state index in [1.54, 1.807) is 6.07 Å². The highest BCUT2D eigenvalue weighted by molar-refractivity contribution is 6.44. The van der Waals surface area contributed by atoms with Gasteiger partial charge >= 0.3 is 0 Å². The molecule has 1 aromatic carbocycles. The Kier molecular flexibility index (Phi) is 7.54. The van der Waals surface area contributed by atoms with Crippen molar-refractivity contribution < 1.29 is 4.79 Å². The van der Waals surface area contributed by atoms with Gasteiger partial charge < -0.3 is 10.6 Å². The Morgan fingerprint density at radius 2 is 2.00 bits per heavy atom. The van der Waals surface area contributed by atoms with Gasteiger partial charge in [-0.25, -0.2) is 0 Å². The van der Waals surface area contributed by atoms with Crippen molar-refractivity contribution in [2.45, 2.75) is 13.0 Å². The van der Waals surface area contributed by atoms with E-state index in [4.69, 9.17) is 34.8 Å². The van der Waals surface area contributed by atoms with E-state index in [1.165, 1.54) is 6.07 Å². The molecule has 1 aliphatic heterocycles. The molecule has 1 atom stereocenters. The van der Waals surface area contributed by atoms with Crippen molar-refractivity contribution in [2.24, 2.45) is 0 Å². The number of carbonyl (C=O) groups is 1. The normalized spacial score (nSPS) is 19.0. The summed E-state index contributed by atoms with van der Waals surface area (Å²) in [5.41, 5.74) is 0.480. The third kappa shape index (κ3) is 5.16. The molecule has 8 heteroatoms. The maximum atomic E-state index is 12.1. The summed E-state index contributed by atoms with van der Waals surface area (Å²) < 4.78 is 0. The Balaban J connectivity index is 0.00000220. The molecule has 0 unspecified atom stereocenters. The number of carbonyl (C=O) groups excluding carboxylic acids is 1. The third-order valence-corrected chi connectivity index (χ3v) is 4.30. The van der Waals surface area contributed by atoms with Crippen molar-refractivity contribution in [1.29, 1.82) is 0 Å². The second-order valence-electron chi connectivity index (χ2n) is 4.82. The molecule has 0 radical (unpaired) electrons. The first-order valence-electron chi connectivity index (χ1n) is 6.36. The fraction of sp³-hybridized carbons (Fsp3) is 0.462. The van der Waals surface area contributed by atoms with Crippen molar-refractivity contribution in [3.05, 3.63) is 27.2 Å². The van der Waals surface area contributed by atoms with Crippen molar-refractivity contribution in [1.82, 2.24) is 10.2 Å². The van der Waals surface area contributed by atoms with E-state index in [0.29, 0.717) is 33.3 Å². The van der Waals surface area contributed by atoms with Crippen LogP contribution in [0.5, 0.6) is 0 Å². The lowest BCUT2D eigenvalue weighted by molar-refractivity contribution is -0.118. The summed E-state index contributed by atoms with van der Waals surface area (Å²) in [6.45, 7) is 5.06. The van der Waals surface area contributed by atoms with Gasteiger partial charge in [0.15, 0.2) is 0 Å². The summed E-state index contributed by atoms with van der Waals surface area (Å²) in [5, 5.41) is 7.16. The van der Waals surface area contributed by atoms with Crippen LogP contribution in [0.25, 0.3) is 0 Å². The number of anilines is 1. The summed E-state index contributed by atoms with van der Waals surface area (Å²) >= 11 is 17.8. The van der Waals surface area contributed by atoms with Crippen LogP contribution in [0.3, 0.4) is 0 Å². The molecule has 0 aromatic heterocycles. The molecule has 21 heavy (non-hydrogen) atoms. The summed E-state index contributed by atoms with van der Waals surface area (Å²) in [6, 6.07) is 3.42. The Morgan fingerprint density at radius 1 is 1.33 bits per heavy atom. The first-order chi connectivity index (χ1) is 9.47. The van der Waals surface area contributed by atoms with Crippen molar-refractivity contribution in [3.63, 3.8) is 0 Å². The Labute approximate surface area is 145 Å². The molecular weight excluding hydrogens is 356 g/mol. The van der Waals surface area contributed by atoms with Gasteiger partial charge in [-0.05, 0) is 19.1 Å². The van der Waals surface area contributed by atoms with E-state index in [-0.39, 0.29) is 18.3 Å². The standard InChI is InChI=1S/C13H16Cl3N3O.ClH/c1-8-6-17-2-3-19(8)7-13(20)18-12-5-10(15)9(14)4-11(12)16;/h4-5,8,17H,2-3,6-7H2,1H3,(H,18,20);1H/t8-;/m1./s1. The highest BCUT2D eigenvalue weighted by Crippen LogP contribution is 2.32. The molecule has 0 spiro atoms. The third-order valence-electron chi connectivity index (χ3n) is 3.27. The summed E-state index contributed by atoms with van der Waals surface area (Å²) in [5.74, 6) is -0.112. The molecular formula is C13H17Cl4N3O. The van der Waals surface area contributed by atoms with Gasteiger partial charge in [-0.15, -0.1) is 12.4 Å². The molecule has 1 amide bonds. The average Bonchev–Trinajstić information content (AvgIpc) is 2.39. The van der Waals surface area contributed by atoms with Gasteiger partial charge in [0.25, 0.3) is 0 Å². The fourth-order valence-electron chi connectivity index (χ4n) is 2.11. The van der Waals surface area contributed by atoms with Crippen molar-refractivity contribution in [3.8, 4) is 0 Å². The van der Waals surface area contributed by atoms with Gasteiger partial charge in [0.2, 0.25) is 5.91 Å². The quantitative estimate of drug-likeness (QED) is 0.800. The molecule has 4 nitrogen and oxygen atoms in total. The maximum Gasteiger partial charge on any atom is 0.238 e. The fourth-order valence-corrected chi connectivity index (χ4v) is 2.70. The molecule has 0 bridgehead atoms. The zero-order chi connectivity index (χ0) is 14.7. The Bertz CT molecular complexity index is 512. The van der Waals surface area contributed by atoms with E-state index in [0.717, 1.165) is 19.6 Å². The molecule has 2 N–H and O–H groups in total. The lowest BCUT2D eigenvalue weighted by atomic mass is 10.2. The molecule has 118 valence electrons.